The Morgan fingerprint density at radius 1 is 0.929 bits per heavy atom. The Morgan fingerprint density at radius 3 is 2.21 bits per heavy atom. The zero-order chi connectivity index (χ0) is 19.8. The molecule has 2 aromatic carbocycles. The van der Waals surface area contributed by atoms with Crippen LogP contribution in [-0.4, -0.2) is 27.4 Å². The van der Waals surface area contributed by atoms with Crippen molar-refractivity contribution in [2.24, 2.45) is 0 Å². The normalized spacial score (nSPS) is 16.4. The maximum absolute atomic E-state index is 12.8. The number of hydrogen-bond acceptors (Lipinski definition) is 4. The summed E-state index contributed by atoms with van der Waals surface area (Å²) >= 11 is 0. The van der Waals surface area contributed by atoms with Gasteiger partial charge in [-0.2, -0.15) is 13.2 Å². The number of alkyl halides is 3. The van der Waals surface area contributed by atoms with E-state index < -0.39 is 17.3 Å². The molecule has 7 heteroatoms. The highest BCUT2D eigenvalue weighted by Gasteiger charge is 2.31. The van der Waals surface area contributed by atoms with Gasteiger partial charge in [0, 0.05) is 22.9 Å². The molecule has 0 bridgehead atoms. The van der Waals surface area contributed by atoms with Crippen LogP contribution in [0.2, 0.25) is 0 Å². The van der Waals surface area contributed by atoms with E-state index in [1.807, 2.05) is 24.3 Å². The molecule has 2 N–H and O–H groups in total. The minimum atomic E-state index is -4.37. The SMILES string of the molecule is OC1(CNc2nnc(-c3ccc(C(F)(F)F)cc3)c3ccccc23)CCCC1. The largest absolute Gasteiger partial charge is 0.416 e. The minimum absolute atomic E-state index is 0.394. The van der Waals surface area contributed by atoms with Crippen molar-refractivity contribution in [2.75, 3.05) is 11.9 Å². The fourth-order valence-electron chi connectivity index (χ4n) is 3.72. The Kier molecular flexibility index (Phi) is 4.71. The first-order chi connectivity index (χ1) is 13.4. The highest BCUT2D eigenvalue weighted by atomic mass is 19.4. The average Bonchev–Trinajstić information content (AvgIpc) is 3.12. The first kappa shape index (κ1) is 18.7. The van der Waals surface area contributed by atoms with Crippen LogP contribution in [0.4, 0.5) is 19.0 Å². The summed E-state index contributed by atoms with van der Waals surface area (Å²) in [5.74, 6) is 0.562. The number of aliphatic hydroxyl groups is 1. The topological polar surface area (TPSA) is 58.0 Å². The number of anilines is 1. The van der Waals surface area contributed by atoms with Gasteiger partial charge in [0.2, 0.25) is 0 Å². The number of benzene rings is 2. The van der Waals surface area contributed by atoms with Crippen molar-refractivity contribution in [3.8, 4) is 11.3 Å². The number of halogens is 3. The summed E-state index contributed by atoms with van der Waals surface area (Å²) in [6, 6.07) is 12.4. The number of nitrogens with one attached hydrogen (secondary N) is 1. The Labute approximate surface area is 160 Å². The van der Waals surface area contributed by atoms with Gasteiger partial charge in [-0.05, 0) is 25.0 Å². The van der Waals surface area contributed by atoms with Crippen molar-refractivity contribution >= 4 is 16.6 Å². The maximum Gasteiger partial charge on any atom is 0.416 e. The van der Waals surface area contributed by atoms with Gasteiger partial charge in [-0.25, -0.2) is 0 Å². The molecule has 1 aliphatic carbocycles. The predicted octanol–water partition coefficient (Wildman–Crippen LogP) is 5.03. The third-order valence-electron chi connectivity index (χ3n) is 5.29. The van der Waals surface area contributed by atoms with Crippen molar-refractivity contribution in [1.82, 2.24) is 10.2 Å². The molecule has 1 fully saturated rings. The monoisotopic (exact) mass is 387 g/mol. The number of rotatable bonds is 4. The van der Waals surface area contributed by atoms with Gasteiger partial charge in [-0.15, -0.1) is 10.2 Å². The van der Waals surface area contributed by atoms with E-state index in [1.165, 1.54) is 12.1 Å². The molecule has 0 atom stereocenters. The second-order valence-electron chi connectivity index (χ2n) is 7.30. The molecule has 146 valence electrons. The molecule has 0 spiro atoms. The van der Waals surface area contributed by atoms with Crippen LogP contribution >= 0.6 is 0 Å². The molecule has 1 saturated carbocycles. The highest BCUT2D eigenvalue weighted by Crippen LogP contribution is 2.34. The average molecular weight is 387 g/mol. The van der Waals surface area contributed by atoms with E-state index in [9.17, 15) is 18.3 Å². The molecule has 0 saturated heterocycles. The molecule has 1 heterocycles. The summed E-state index contributed by atoms with van der Waals surface area (Å²) in [4.78, 5) is 0. The number of fused-ring (bicyclic) bond motifs is 1. The summed E-state index contributed by atoms with van der Waals surface area (Å²) in [6.07, 6.45) is -0.834. The molecule has 1 aliphatic rings. The lowest BCUT2D eigenvalue weighted by atomic mass is 10.0. The van der Waals surface area contributed by atoms with Crippen LogP contribution in [0.1, 0.15) is 31.2 Å². The second kappa shape index (κ2) is 7.05. The molecular weight excluding hydrogens is 367 g/mol. The van der Waals surface area contributed by atoms with Gasteiger partial charge in [0.15, 0.2) is 5.82 Å². The fourth-order valence-corrected chi connectivity index (χ4v) is 3.72. The first-order valence-corrected chi connectivity index (χ1v) is 9.25. The molecule has 1 aromatic heterocycles. The van der Waals surface area contributed by atoms with Crippen molar-refractivity contribution in [3.63, 3.8) is 0 Å². The van der Waals surface area contributed by atoms with Gasteiger partial charge in [-0.1, -0.05) is 49.2 Å². The molecule has 28 heavy (non-hydrogen) atoms. The lowest BCUT2D eigenvalue weighted by Gasteiger charge is -2.23. The highest BCUT2D eigenvalue weighted by molar-refractivity contribution is 6.00. The van der Waals surface area contributed by atoms with E-state index in [-0.39, 0.29) is 0 Å². The standard InChI is InChI=1S/C21H20F3N3O/c22-21(23,24)15-9-7-14(8-10-15)18-16-5-1-2-6-17(16)19(27-26-18)25-13-20(28)11-3-4-12-20/h1-2,5-10,28H,3-4,11-13H2,(H,25,27). The summed E-state index contributed by atoms with van der Waals surface area (Å²) in [7, 11) is 0. The summed E-state index contributed by atoms with van der Waals surface area (Å²) < 4.78 is 38.4. The van der Waals surface area contributed by atoms with E-state index in [4.69, 9.17) is 0 Å². The van der Waals surface area contributed by atoms with E-state index in [0.29, 0.717) is 23.6 Å². The van der Waals surface area contributed by atoms with Crippen molar-refractivity contribution in [2.45, 2.75) is 37.5 Å². The predicted molar refractivity (Wildman–Crippen MR) is 102 cm³/mol. The Morgan fingerprint density at radius 2 is 1.57 bits per heavy atom. The molecule has 3 aromatic rings. The number of hydrogen-bond donors (Lipinski definition) is 2. The molecule has 0 amide bonds. The number of nitrogens with zero attached hydrogens (tertiary/aromatic N) is 2. The fraction of sp³-hybridized carbons (Fsp3) is 0.333. The van der Waals surface area contributed by atoms with Gasteiger partial charge in [0.25, 0.3) is 0 Å². The second-order valence-corrected chi connectivity index (χ2v) is 7.30. The van der Waals surface area contributed by atoms with Gasteiger partial charge in [-0.3, -0.25) is 0 Å². The summed E-state index contributed by atoms with van der Waals surface area (Å²) in [6.45, 7) is 0.394. The van der Waals surface area contributed by atoms with E-state index in [1.54, 1.807) is 0 Å². The lowest BCUT2D eigenvalue weighted by Crippen LogP contribution is -2.33. The lowest BCUT2D eigenvalue weighted by molar-refractivity contribution is -0.137. The molecule has 4 nitrogen and oxygen atoms in total. The summed E-state index contributed by atoms with van der Waals surface area (Å²) in [5, 5.41) is 23.9. The van der Waals surface area contributed by atoms with E-state index in [0.717, 1.165) is 48.6 Å². The molecule has 0 radical (unpaired) electrons. The van der Waals surface area contributed by atoms with Gasteiger partial charge >= 0.3 is 6.18 Å². The van der Waals surface area contributed by atoms with Crippen LogP contribution < -0.4 is 5.32 Å². The van der Waals surface area contributed by atoms with Gasteiger partial charge < -0.3 is 10.4 Å². The molecule has 0 aliphatic heterocycles. The van der Waals surface area contributed by atoms with Crippen LogP contribution in [0.3, 0.4) is 0 Å². The first-order valence-electron chi connectivity index (χ1n) is 9.25. The van der Waals surface area contributed by atoms with Crippen LogP contribution in [-0.2, 0) is 6.18 Å². The van der Waals surface area contributed by atoms with Gasteiger partial charge in [0.1, 0.15) is 5.69 Å². The van der Waals surface area contributed by atoms with Gasteiger partial charge in [0.05, 0.1) is 11.2 Å². The zero-order valence-electron chi connectivity index (χ0n) is 15.1. The zero-order valence-corrected chi connectivity index (χ0v) is 15.1. The minimum Gasteiger partial charge on any atom is -0.388 e. The smallest absolute Gasteiger partial charge is 0.388 e. The molecule has 0 unspecified atom stereocenters. The Hall–Kier alpha value is -2.67. The van der Waals surface area contributed by atoms with Crippen molar-refractivity contribution in [3.05, 3.63) is 54.1 Å². The summed E-state index contributed by atoms with van der Waals surface area (Å²) in [5.41, 5.74) is -0.335. The van der Waals surface area contributed by atoms with Crippen LogP contribution in [0, 0.1) is 0 Å². The number of aromatic nitrogens is 2. The maximum atomic E-state index is 12.8. The third-order valence-corrected chi connectivity index (χ3v) is 5.29. The van der Waals surface area contributed by atoms with Crippen LogP contribution in [0.15, 0.2) is 48.5 Å². The molecule has 4 rings (SSSR count). The molecular formula is C21H20F3N3O. The van der Waals surface area contributed by atoms with E-state index in [2.05, 4.69) is 15.5 Å². The quantitative estimate of drug-likeness (QED) is 0.659. The van der Waals surface area contributed by atoms with Crippen molar-refractivity contribution in [1.29, 1.82) is 0 Å². The van der Waals surface area contributed by atoms with E-state index >= 15 is 0 Å². The van der Waals surface area contributed by atoms with Crippen molar-refractivity contribution < 1.29 is 18.3 Å². The Bertz CT molecular complexity index is 980. The Balaban J connectivity index is 1.67. The van der Waals surface area contributed by atoms with Crippen LogP contribution in [0.5, 0.6) is 0 Å². The third kappa shape index (κ3) is 3.67. The van der Waals surface area contributed by atoms with Crippen LogP contribution in [0.25, 0.3) is 22.0 Å².